The van der Waals surface area contributed by atoms with E-state index in [0.717, 1.165) is 16.7 Å². The molecule has 0 radical (unpaired) electrons. The first kappa shape index (κ1) is 26.6. The van der Waals surface area contributed by atoms with Gasteiger partial charge in [0.25, 0.3) is 5.69 Å². The predicted molar refractivity (Wildman–Crippen MR) is 130 cm³/mol. The number of amides is 2. The van der Waals surface area contributed by atoms with Gasteiger partial charge in [-0.05, 0) is 23.3 Å². The van der Waals surface area contributed by atoms with Gasteiger partial charge in [-0.15, -0.1) is 11.8 Å². The van der Waals surface area contributed by atoms with Crippen LogP contribution in [0.3, 0.4) is 0 Å². The number of fused-ring (bicyclic) bond motifs is 1. The zero-order chi connectivity index (χ0) is 27.6. The number of carbonyl (C=O) groups excluding carboxylic acids is 3. The maximum atomic E-state index is 12.9. The number of hydrogen-bond acceptors (Lipinski definition) is 9. The van der Waals surface area contributed by atoms with Crippen LogP contribution in [0.1, 0.15) is 17.0 Å². The molecule has 198 valence electrons. The summed E-state index contributed by atoms with van der Waals surface area (Å²) in [5, 5.41) is 32.0. The number of thioether (sulfide) groups is 1. The zero-order valence-corrected chi connectivity index (χ0v) is 20.3. The third kappa shape index (κ3) is 4.89. The summed E-state index contributed by atoms with van der Waals surface area (Å²) in [6.45, 7) is -0.825. The van der Waals surface area contributed by atoms with Gasteiger partial charge in [-0.25, -0.2) is 0 Å². The minimum absolute atomic E-state index is 0.159. The van der Waals surface area contributed by atoms with E-state index >= 15 is 0 Å². The zero-order valence-electron chi connectivity index (χ0n) is 19.5. The number of carbonyl (C=O) groups is 5. The number of nitro benzene ring substituents is 1. The summed E-state index contributed by atoms with van der Waals surface area (Å²) in [6, 6.07) is 11.9. The first-order valence-electron chi connectivity index (χ1n) is 11.2. The SMILES string of the molecule is O=C(O)C(C(=O)NC1C(=O)N2CC(C(=O)O)(C(=O)OCc3ccc([N+](=O)[O-])cc3)CS[C@H]12)c1ccccc1. The number of nitro groups is 1. The second kappa shape index (κ2) is 10.5. The summed E-state index contributed by atoms with van der Waals surface area (Å²) in [6.07, 6.45) is 0. The second-order valence-electron chi connectivity index (χ2n) is 8.72. The molecule has 4 atom stereocenters. The normalized spacial score (nSPS) is 22.8. The van der Waals surface area contributed by atoms with Gasteiger partial charge in [-0.1, -0.05) is 30.3 Å². The Balaban J connectivity index is 1.41. The van der Waals surface area contributed by atoms with Crippen molar-refractivity contribution >= 4 is 47.2 Å². The summed E-state index contributed by atoms with van der Waals surface area (Å²) in [5.41, 5.74) is -1.59. The molecule has 2 aromatic carbocycles. The number of benzene rings is 2. The Morgan fingerprint density at radius 2 is 1.79 bits per heavy atom. The summed E-state index contributed by atoms with van der Waals surface area (Å²) < 4.78 is 5.20. The van der Waals surface area contributed by atoms with Crippen molar-refractivity contribution in [1.29, 1.82) is 0 Å². The third-order valence-corrected chi connectivity index (χ3v) is 7.87. The van der Waals surface area contributed by atoms with Crippen LogP contribution in [0.2, 0.25) is 0 Å². The number of carboxylic acid groups (broad SMARTS) is 2. The Morgan fingerprint density at radius 1 is 1.13 bits per heavy atom. The molecule has 14 heteroatoms. The van der Waals surface area contributed by atoms with Crippen molar-refractivity contribution in [2.45, 2.75) is 23.9 Å². The van der Waals surface area contributed by atoms with Gasteiger partial charge in [0, 0.05) is 24.4 Å². The first-order chi connectivity index (χ1) is 18.0. The highest BCUT2D eigenvalue weighted by molar-refractivity contribution is 8.00. The maximum absolute atomic E-state index is 12.9. The fourth-order valence-corrected chi connectivity index (χ4v) is 5.73. The van der Waals surface area contributed by atoms with Gasteiger partial charge < -0.3 is 25.2 Å². The Hall–Kier alpha value is -4.46. The van der Waals surface area contributed by atoms with Crippen LogP contribution >= 0.6 is 11.8 Å². The Morgan fingerprint density at radius 3 is 2.37 bits per heavy atom. The Labute approximate surface area is 218 Å². The van der Waals surface area contributed by atoms with E-state index in [1.807, 2.05) is 0 Å². The third-order valence-electron chi connectivity index (χ3n) is 6.34. The van der Waals surface area contributed by atoms with Gasteiger partial charge in [-0.2, -0.15) is 0 Å². The summed E-state index contributed by atoms with van der Waals surface area (Å²) in [5.74, 6) is -7.31. The quantitative estimate of drug-likeness (QED) is 0.134. The summed E-state index contributed by atoms with van der Waals surface area (Å²) in [4.78, 5) is 73.6. The van der Waals surface area contributed by atoms with Crippen molar-refractivity contribution in [3.05, 3.63) is 75.8 Å². The molecule has 2 amide bonds. The number of nitrogens with zero attached hydrogens (tertiary/aromatic N) is 2. The van der Waals surface area contributed by atoms with Gasteiger partial charge in [0.1, 0.15) is 18.0 Å². The molecule has 0 aromatic heterocycles. The van der Waals surface area contributed by atoms with Gasteiger partial charge >= 0.3 is 17.9 Å². The molecule has 2 aliphatic heterocycles. The van der Waals surface area contributed by atoms with Crippen molar-refractivity contribution in [3.8, 4) is 0 Å². The highest BCUT2D eigenvalue weighted by Crippen LogP contribution is 2.43. The van der Waals surface area contributed by atoms with Crippen molar-refractivity contribution in [2.75, 3.05) is 12.3 Å². The average Bonchev–Trinajstić information content (AvgIpc) is 2.90. The van der Waals surface area contributed by atoms with E-state index in [-0.39, 0.29) is 23.6 Å². The van der Waals surface area contributed by atoms with Crippen molar-refractivity contribution in [2.24, 2.45) is 5.41 Å². The molecule has 2 aromatic rings. The number of ether oxygens (including phenoxy) is 1. The number of rotatable bonds is 9. The summed E-state index contributed by atoms with van der Waals surface area (Å²) in [7, 11) is 0. The molecule has 2 saturated heterocycles. The molecule has 0 bridgehead atoms. The minimum Gasteiger partial charge on any atom is -0.480 e. The van der Waals surface area contributed by atoms with Crippen LogP contribution in [0.4, 0.5) is 5.69 Å². The maximum Gasteiger partial charge on any atom is 0.326 e. The average molecular weight is 544 g/mol. The molecule has 2 aliphatic rings. The van der Waals surface area contributed by atoms with E-state index in [1.54, 1.807) is 18.2 Å². The molecular weight excluding hydrogens is 522 g/mol. The molecule has 2 heterocycles. The topological polar surface area (TPSA) is 193 Å². The molecule has 0 spiro atoms. The molecular formula is C24H21N3O10S. The highest BCUT2D eigenvalue weighted by atomic mass is 32.2. The van der Waals surface area contributed by atoms with Crippen LogP contribution in [0, 0.1) is 15.5 Å². The monoisotopic (exact) mass is 543 g/mol. The van der Waals surface area contributed by atoms with Crippen molar-refractivity contribution in [3.63, 3.8) is 0 Å². The molecule has 2 fully saturated rings. The number of aliphatic carboxylic acids is 2. The van der Waals surface area contributed by atoms with Crippen LogP contribution in [-0.4, -0.2) is 73.5 Å². The van der Waals surface area contributed by atoms with E-state index in [0.29, 0.717) is 5.56 Å². The number of β-lactam (4-membered cyclic amide) rings is 1. The molecule has 13 nitrogen and oxygen atoms in total. The Kier molecular flexibility index (Phi) is 7.35. The van der Waals surface area contributed by atoms with E-state index in [2.05, 4.69) is 5.32 Å². The minimum atomic E-state index is -2.07. The molecule has 0 saturated carbocycles. The Bertz CT molecular complexity index is 1300. The number of carboxylic acids is 2. The van der Waals surface area contributed by atoms with Crippen LogP contribution in [0.15, 0.2) is 54.6 Å². The fourth-order valence-electron chi connectivity index (χ4n) is 4.20. The van der Waals surface area contributed by atoms with Crippen LogP contribution in [0.5, 0.6) is 0 Å². The van der Waals surface area contributed by atoms with E-state index in [4.69, 9.17) is 4.74 Å². The molecule has 4 rings (SSSR count). The molecule has 3 N–H and O–H groups in total. The molecule has 38 heavy (non-hydrogen) atoms. The van der Waals surface area contributed by atoms with Gasteiger partial charge in [0.2, 0.25) is 11.8 Å². The van der Waals surface area contributed by atoms with Crippen molar-refractivity contribution in [1.82, 2.24) is 10.2 Å². The van der Waals surface area contributed by atoms with Crippen LogP contribution < -0.4 is 5.32 Å². The lowest BCUT2D eigenvalue weighted by atomic mass is 9.87. The lowest BCUT2D eigenvalue weighted by Crippen LogP contribution is -2.74. The standard InChI is InChI=1S/C24H21N3O10S/c28-18(16(21(30)31)14-4-2-1-3-5-14)25-17-19(29)26-11-24(22(32)33,12-38-20(17)26)23(34)37-10-13-6-8-15(9-7-13)27(35)36/h1-9,16-17,20H,10-12H2,(H,25,28)(H,30,31)(H,32,33)/t16?,17?,20-,24?/m1/s1. The number of hydrogen-bond donors (Lipinski definition) is 3. The van der Waals surface area contributed by atoms with Gasteiger partial charge in [0.15, 0.2) is 11.3 Å². The van der Waals surface area contributed by atoms with E-state index in [1.165, 1.54) is 36.4 Å². The lowest BCUT2D eigenvalue weighted by Gasteiger charge is -2.53. The van der Waals surface area contributed by atoms with Crippen LogP contribution in [-0.2, 0) is 35.3 Å². The van der Waals surface area contributed by atoms with Gasteiger partial charge in [0.05, 0.1) is 4.92 Å². The predicted octanol–water partition coefficient (Wildman–Crippen LogP) is 0.977. The number of esters is 1. The first-order valence-corrected chi connectivity index (χ1v) is 12.2. The van der Waals surface area contributed by atoms with Gasteiger partial charge in [-0.3, -0.25) is 34.1 Å². The molecule has 3 unspecified atom stereocenters. The van der Waals surface area contributed by atoms with E-state index < -0.39 is 63.9 Å². The largest absolute Gasteiger partial charge is 0.480 e. The second-order valence-corrected chi connectivity index (χ2v) is 9.83. The number of non-ortho nitro benzene ring substituents is 1. The van der Waals surface area contributed by atoms with Crippen molar-refractivity contribution < 1.29 is 43.8 Å². The van der Waals surface area contributed by atoms with E-state index in [9.17, 15) is 44.3 Å². The fraction of sp³-hybridized carbons (Fsp3) is 0.292. The lowest BCUT2D eigenvalue weighted by molar-refractivity contribution is -0.384. The summed E-state index contributed by atoms with van der Waals surface area (Å²) >= 11 is 0.959. The van der Waals surface area contributed by atoms with Crippen LogP contribution in [0.25, 0.3) is 0 Å². The highest BCUT2D eigenvalue weighted by Gasteiger charge is 2.61. The molecule has 0 aliphatic carbocycles. The number of nitrogens with one attached hydrogen (secondary N) is 1. The smallest absolute Gasteiger partial charge is 0.326 e.